The number of aliphatic carboxylic acids is 1. The Morgan fingerprint density at radius 3 is 2.03 bits per heavy atom. The van der Waals surface area contributed by atoms with Crippen LogP contribution < -0.4 is 0 Å². The molecule has 35 heavy (non-hydrogen) atoms. The molecule has 0 aromatic heterocycles. The van der Waals surface area contributed by atoms with Gasteiger partial charge in [0.1, 0.15) is 30.2 Å². The number of aliphatic hydroxyl groups excluding tert-OH is 6. The quantitative estimate of drug-likeness (QED) is 0.272. The normalized spacial score (nSPS) is 37.2. The number of benzene rings is 1. The number of aliphatic hydroxyl groups is 6. The van der Waals surface area contributed by atoms with Crippen LogP contribution in [0, 0.1) is 16.7 Å². The Morgan fingerprint density at radius 1 is 1.03 bits per heavy atom. The average Bonchev–Trinajstić information content (AvgIpc) is 3.13. The lowest BCUT2D eigenvalue weighted by molar-refractivity contribution is -0.286. The van der Waals surface area contributed by atoms with Gasteiger partial charge in [0.25, 0.3) is 0 Å². The summed E-state index contributed by atoms with van der Waals surface area (Å²) in [5.74, 6) is -0.0342. The van der Waals surface area contributed by atoms with Crippen molar-refractivity contribution in [2.24, 2.45) is 16.7 Å². The third-order valence-corrected chi connectivity index (χ3v) is 7.93. The molecule has 2 saturated carbocycles. The summed E-state index contributed by atoms with van der Waals surface area (Å²) in [5, 5.41) is 71.7. The van der Waals surface area contributed by atoms with Gasteiger partial charge in [-0.15, -0.1) is 0 Å². The molecule has 1 aromatic rings. The van der Waals surface area contributed by atoms with E-state index in [0.717, 1.165) is 24.0 Å². The van der Waals surface area contributed by atoms with Crippen LogP contribution in [0.4, 0.5) is 0 Å². The molecule has 3 aliphatic rings. The van der Waals surface area contributed by atoms with Crippen LogP contribution >= 0.6 is 0 Å². The van der Waals surface area contributed by atoms with E-state index in [1.165, 1.54) is 31.1 Å². The highest BCUT2D eigenvalue weighted by Gasteiger charge is 2.60. The fraction of sp³-hybridized carbons (Fsp3) is 0.640. The minimum absolute atomic E-state index is 0.0313. The van der Waals surface area contributed by atoms with E-state index in [0.29, 0.717) is 5.41 Å². The molecule has 198 valence electrons. The van der Waals surface area contributed by atoms with Crippen LogP contribution in [-0.2, 0) is 9.53 Å². The number of carboxylic acids is 1. The maximum Gasteiger partial charge on any atom is 0.328 e. The summed E-state index contributed by atoms with van der Waals surface area (Å²) in [5.41, 5.74) is 1.35. The minimum atomic E-state index is -1.57. The number of aromatic hydroxyl groups is 1. The van der Waals surface area contributed by atoms with Crippen LogP contribution in [0.15, 0.2) is 30.3 Å². The number of hydrogen-bond acceptors (Lipinski definition) is 9. The molecule has 1 heterocycles. The van der Waals surface area contributed by atoms with Crippen molar-refractivity contribution in [1.82, 2.24) is 0 Å². The van der Waals surface area contributed by atoms with Crippen molar-refractivity contribution in [2.45, 2.75) is 76.8 Å². The Hall–Kier alpha value is -2.05. The van der Waals surface area contributed by atoms with Gasteiger partial charge < -0.3 is 45.6 Å². The SMILES string of the molecule is CC1(C)C2CCC1(C)C(O)C2.O=C(O)C=Cc1ccc(O)cc1.OC[C@H]1OC(O)[C@H](O)[C@@H](O)[C@@H]1O. The number of phenols is 1. The van der Waals surface area contributed by atoms with Gasteiger partial charge in [-0.05, 0) is 59.8 Å². The molecule has 10 heteroatoms. The van der Waals surface area contributed by atoms with Gasteiger partial charge in [0, 0.05) is 6.08 Å². The van der Waals surface area contributed by atoms with Gasteiger partial charge in [0.15, 0.2) is 6.29 Å². The minimum Gasteiger partial charge on any atom is -0.508 e. The smallest absolute Gasteiger partial charge is 0.328 e. The summed E-state index contributed by atoms with van der Waals surface area (Å²) < 4.78 is 4.58. The molecule has 8 atom stereocenters. The highest BCUT2D eigenvalue weighted by Crippen LogP contribution is 2.65. The first-order valence-electron chi connectivity index (χ1n) is 11.6. The fourth-order valence-electron chi connectivity index (χ4n) is 5.00. The van der Waals surface area contributed by atoms with Crippen molar-refractivity contribution in [3.05, 3.63) is 35.9 Å². The van der Waals surface area contributed by atoms with Gasteiger partial charge >= 0.3 is 5.97 Å². The molecule has 1 aliphatic heterocycles. The second kappa shape index (κ2) is 11.8. The van der Waals surface area contributed by atoms with Crippen molar-refractivity contribution in [3.63, 3.8) is 0 Å². The average molecular weight is 499 g/mol. The summed E-state index contributed by atoms with van der Waals surface area (Å²) in [7, 11) is 0. The first kappa shape index (κ1) is 29.2. The third-order valence-electron chi connectivity index (χ3n) is 7.93. The molecule has 0 spiro atoms. The lowest BCUT2D eigenvalue weighted by Crippen LogP contribution is -2.58. The summed E-state index contributed by atoms with van der Waals surface area (Å²) >= 11 is 0. The standard InChI is InChI=1S/C10H18O.C9H8O3.C6H12O6/c1-9(2)7-4-5-10(9,3)8(11)6-7;10-8-4-1-7(2-5-8)3-6-9(11)12;7-1-2-3(8)4(9)5(10)6(11)12-2/h7-8,11H,4-6H2,1-3H3;1-6,10H,(H,11,12);2-11H,1H2/t;;2-,3-,4+,5-,6?/m..1/s1. The maximum atomic E-state index is 10.1. The second-order valence-corrected chi connectivity index (χ2v) is 10.1. The Bertz CT molecular complexity index is 850. The predicted molar refractivity (Wildman–Crippen MR) is 126 cm³/mol. The molecule has 2 aliphatic carbocycles. The van der Waals surface area contributed by atoms with Crippen molar-refractivity contribution in [1.29, 1.82) is 0 Å². The van der Waals surface area contributed by atoms with E-state index in [1.54, 1.807) is 12.1 Å². The number of hydrogen-bond donors (Lipinski definition) is 8. The van der Waals surface area contributed by atoms with E-state index in [4.69, 9.17) is 35.7 Å². The van der Waals surface area contributed by atoms with Crippen LogP contribution in [0.5, 0.6) is 5.75 Å². The molecule has 2 bridgehead atoms. The van der Waals surface area contributed by atoms with E-state index in [-0.39, 0.29) is 17.3 Å². The zero-order valence-corrected chi connectivity index (χ0v) is 20.2. The highest BCUT2D eigenvalue weighted by molar-refractivity contribution is 5.85. The Morgan fingerprint density at radius 2 is 1.63 bits per heavy atom. The van der Waals surface area contributed by atoms with Crippen molar-refractivity contribution in [2.75, 3.05) is 6.61 Å². The van der Waals surface area contributed by atoms with Crippen molar-refractivity contribution < 1.29 is 50.4 Å². The van der Waals surface area contributed by atoms with E-state index in [9.17, 15) is 9.90 Å². The highest BCUT2D eigenvalue weighted by atomic mass is 16.6. The molecule has 0 radical (unpaired) electrons. The van der Waals surface area contributed by atoms with E-state index in [1.807, 2.05) is 0 Å². The van der Waals surface area contributed by atoms with E-state index >= 15 is 0 Å². The van der Waals surface area contributed by atoms with E-state index in [2.05, 4.69) is 25.5 Å². The van der Waals surface area contributed by atoms with Gasteiger partial charge in [0.05, 0.1) is 12.7 Å². The molecule has 0 amide bonds. The Kier molecular flexibility index (Phi) is 9.83. The summed E-state index contributed by atoms with van der Waals surface area (Å²) in [6.07, 6.45) is -0.957. The monoisotopic (exact) mass is 498 g/mol. The number of fused-ring (bicyclic) bond motifs is 2. The second-order valence-electron chi connectivity index (χ2n) is 10.1. The maximum absolute atomic E-state index is 10.1. The molecule has 8 N–H and O–H groups in total. The van der Waals surface area contributed by atoms with Gasteiger partial charge in [-0.3, -0.25) is 0 Å². The molecule has 1 saturated heterocycles. The molecular weight excluding hydrogens is 460 g/mol. The summed E-state index contributed by atoms with van der Waals surface area (Å²) in [6, 6.07) is 6.27. The van der Waals surface area contributed by atoms with Crippen LogP contribution in [0.25, 0.3) is 6.08 Å². The number of carboxylic acid groups (broad SMARTS) is 1. The third kappa shape index (κ3) is 6.59. The molecule has 4 unspecified atom stereocenters. The summed E-state index contributed by atoms with van der Waals surface area (Å²) in [6.45, 7) is 6.37. The molecular formula is C25H38O10. The first-order chi connectivity index (χ1) is 16.2. The van der Waals surface area contributed by atoms with Crippen LogP contribution in [0.2, 0.25) is 0 Å². The van der Waals surface area contributed by atoms with Crippen LogP contribution in [-0.4, -0.2) is 90.2 Å². The van der Waals surface area contributed by atoms with E-state index < -0.39 is 43.3 Å². The van der Waals surface area contributed by atoms with Crippen molar-refractivity contribution in [3.8, 4) is 5.75 Å². The van der Waals surface area contributed by atoms with Gasteiger partial charge in [0.2, 0.25) is 0 Å². The number of ether oxygens (including phenoxy) is 1. The lowest BCUT2D eigenvalue weighted by atomic mass is 9.70. The zero-order valence-electron chi connectivity index (χ0n) is 20.2. The first-order valence-corrected chi connectivity index (χ1v) is 11.6. The molecule has 10 nitrogen and oxygen atoms in total. The predicted octanol–water partition coefficient (Wildman–Crippen LogP) is 0.462. The Balaban J connectivity index is 0.000000185. The number of carbonyl (C=O) groups is 1. The van der Waals surface area contributed by atoms with Gasteiger partial charge in [-0.1, -0.05) is 32.9 Å². The molecule has 3 fully saturated rings. The number of phenolic OH excluding ortho intramolecular Hbond substituents is 1. The topological polar surface area (TPSA) is 188 Å². The van der Waals surface area contributed by atoms with Crippen LogP contribution in [0.1, 0.15) is 45.6 Å². The number of rotatable bonds is 3. The zero-order chi connectivity index (χ0) is 26.6. The van der Waals surface area contributed by atoms with Gasteiger partial charge in [-0.25, -0.2) is 4.79 Å². The van der Waals surface area contributed by atoms with Crippen LogP contribution in [0.3, 0.4) is 0 Å². The molecule has 4 rings (SSSR count). The molecule has 1 aromatic carbocycles. The Labute approximate surface area is 204 Å². The summed E-state index contributed by atoms with van der Waals surface area (Å²) in [4.78, 5) is 10.1. The van der Waals surface area contributed by atoms with Crippen molar-refractivity contribution >= 4 is 12.0 Å². The largest absolute Gasteiger partial charge is 0.508 e. The lowest BCUT2D eigenvalue weighted by Gasteiger charge is -2.37. The fourth-order valence-corrected chi connectivity index (χ4v) is 5.00. The van der Waals surface area contributed by atoms with Gasteiger partial charge in [-0.2, -0.15) is 0 Å².